The molecule has 0 aliphatic carbocycles. The van der Waals surface area contributed by atoms with Crippen molar-refractivity contribution in [3.8, 4) is 6.07 Å². The summed E-state index contributed by atoms with van der Waals surface area (Å²) >= 11 is 0. The number of ketones is 1. The number of hydrogen-bond acceptors (Lipinski definition) is 4. The standard InChI is InChI=1S/C17H28N2O3/c1-12(2)13(3)14(20)17(10-18)8-7-9-19(11-17)15(21)22-16(4,5)6/h12-13H,7-9,11H2,1-6H3. The van der Waals surface area contributed by atoms with Crippen LogP contribution in [0.4, 0.5) is 4.79 Å². The van der Waals surface area contributed by atoms with Gasteiger partial charge in [-0.3, -0.25) is 4.79 Å². The fraction of sp³-hybridized carbons (Fsp3) is 0.824. The number of carbonyl (C=O) groups excluding carboxylic acids is 2. The third-order valence-corrected chi connectivity index (χ3v) is 4.24. The molecule has 1 saturated heterocycles. The maximum Gasteiger partial charge on any atom is 0.410 e. The fourth-order valence-corrected chi connectivity index (χ4v) is 2.62. The summed E-state index contributed by atoms with van der Waals surface area (Å²) in [5, 5.41) is 9.63. The van der Waals surface area contributed by atoms with Gasteiger partial charge >= 0.3 is 6.09 Å². The highest BCUT2D eigenvalue weighted by molar-refractivity contribution is 5.90. The van der Waals surface area contributed by atoms with Crippen molar-refractivity contribution in [2.24, 2.45) is 17.3 Å². The van der Waals surface area contributed by atoms with Gasteiger partial charge in [-0.05, 0) is 39.5 Å². The minimum atomic E-state index is -1.10. The molecule has 0 aromatic heterocycles. The highest BCUT2D eigenvalue weighted by Gasteiger charge is 2.46. The Kier molecular flexibility index (Phi) is 5.61. The van der Waals surface area contributed by atoms with E-state index in [1.54, 1.807) is 20.8 Å². The van der Waals surface area contributed by atoms with Crippen molar-refractivity contribution in [2.45, 2.75) is 60.0 Å². The van der Waals surface area contributed by atoms with Crippen LogP contribution in [0.2, 0.25) is 0 Å². The van der Waals surface area contributed by atoms with Gasteiger partial charge in [0.05, 0.1) is 6.07 Å². The molecule has 0 saturated carbocycles. The van der Waals surface area contributed by atoms with Crippen LogP contribution in [-0.2, 0) is 9.53 Å². The van der Waals surface area contributed by atoms with Crippen LogP contribution in [0, 0.1) is 28.6 Å². The topological polar surface area (TPSA) is 70.4 Å². The molecule has 1 aliphatic heterocycles. The lowest BCUT2D eigenvalue weighted by atomic mass is 9.71. The van der Waals surface area contributed by atoms with Crippen molar-refractivity contribution in [1.29, 1.82) is 5.26 Å². The van der Waals surface area contributed by atoms with Crippen molar-refractivity contribution in [2.75, 3.05) is 13.1 Å². The number of nitrogens with zero attached hydrogens (tertiary/aromatic N) is 2. The van der Waals surface area contributed by atoms with Gasteiger partial charge in [-0.25, -0.2) is 4.79 Å². The van der Waals surface area contributed by atoms with Gasteiger partial charge in [-0.15, -0.1) is 0 Å². The highest BCUT2D eigenvalue weighted by atomic mass is 16.6. The molecule has 1 heterocycles. The second kappa shape index (κ2) is 6.68. The molecule has 0 bridgehead atoms. The summed E-state index contributed by atoms with van der Waals surface area (Å²) in [7, 11) is 0. The number of hydrogen-bond donors (Lipinski definition) is 0. The predicted molar refractivity (Wildman–Crippen MR) is 84.1 cm³/mol. The quantitative estimate of drug-likeness (QED) is 0.801. The SMILES string of the molecule is CC(C)C(C)C(=O)C1(C#N)CCCN(C(=O)OC(C)(C)C)C1. The lowest BCUT2D eigenvalue weighted by Crippen LogP contribution is -2.52. The van der Waals surface area contributed by atoms with Crippen LogP contribution >= 0.6 is 0 Å². The van der Waals surface area contributed by atoms with E-state index in [0.717, 1.165) is 0 Å². The molecule has 1 amide bonds. The predicted octanol–water partition coefficient (Wildman–Crippen LogP) is 3.39. The number of Topliss-reactive ketones (excluding diaryl/α,β-unsaturated/α-hetero) is 1. The van der Waals surface area contributed by atoms with Crippen LogP contribution in [0.3, 0.4) is 0 Å². The molecular formula is C17H28N2O3. The third-order valence-electron chi connectivity index (χ3n) is 4.24. The van der Waals surface area contributed by atoms with E-state index in [1.165, 1.54) is 4.90 Å². The van der Waals surface area contributed by atoms with E-state index in [1.807, 2.05) is 20.8 Å². The number of amides is 1. The summed E-state index contributed by atoms with van der Waals surface area (Å²) in [6, 6.07) is 2.20. The molecular weight excluding hydrogens is 280 g/mol. The van der Waals surface area contributed by atoms with Gasteiger partial charge < -0.3 is 9.64 Å². The van der Waals surface area contributed by atoms with Crippen molar-refractivity contribution in [3.63, 3.8) is 0 Å². The Bertz CT molecular complexity index is 473. The molecule has 0 N–H and O–H groups in total. The lowest BCUT2D eigenvalue weighted by molar-refractivity contribution is -0.133. The Labute approximate surface area is 133 Å². The van der Waals surface area contributed by atoms with E-state index in [-0.39, 0.29) is 24.2 Å². The maximum atomic E-state index is 12.7. The summed E-state index contributed by atoms with van der Waals surface area (Å²) in [5.41, 5.74) is -1.68. The van der Waals surface area contributed by atoms with Crippen LogP contribution in [0.15, 0.2) is 0 Å². The largest absolute Gasteiger partial charge is 0.444 e. The Morgan fingerprint density at radius 2 is 1.86 bits per heavy atom. The second-order valence-corrected chi connectivity index (χ2v) is 7.60. The first-order valence-electron chi connectivity index (χ1n) is 7.96. The van der Waals surface area contributed by atoms with Crippen LogP contribution in [0.5, 0.6) is 0 Å². The minimum absolute atomic E-state index is 0.0572. The first-order chi connectivity index (χ1) is 10.0. The third kappa shape index (κ3) is 4.22. The van der Waals surface area contributed by atoms with Gasteiger partial charge in [-0.2, -0.15) is 5.26 Å². The van der Waals surface area contributed by atoms with E-state index in [4.69, 9.17) is 4.74 Å². The zero-order chi connectivity index (χ0) is 17.1. The summed E-state index contributed by atoms with van der Waals surface area (Å²) in [6.45, 7) is 11.9. The van der Waals surface area contributed by atoms with Crippen molar-refractivity contribution < 1.29 is 14.3 Å². The van der Waals surface area contributed by atoms with Crippen LogP contribution in [0.1, 0.15) is 54.4 Å². The molecule has 1 aliphatic rings. The number of carbonyl (C=O) groups is 2. The van der Waals surface area contributed by atoms with E-state index < -0.39 is 17.1 Å². The number of likely N-dealkylation sites (tertiary alicyclic amines) is 1. The molecule has 5 nitrogen and oxygen atoms in total. The van der Waals surface area contributed by atoms with Gasteiger partial charge in [0.2, 0.25) is 0 Å². The molecule has 2 unspecified atom stereocenters. The molecule has 1 rings (SSSR count). The van der Waals surface area contributed by atoms with Crippen molar-refractivity contribution >= 4 is 11.9 Å². The summed E-state index contributed by atoms with van der Waals surface area (Å²) in [5.74, 6) is -0.0777. The molecule has 0 radical (unpaired) electrons. The molecule has 22 heavy (non-hydrogen) atoms. The Balaban J connectivity index is 2.93. The Morgan fingerprint density at radius 1 is 1.27 bits per heavy atom. The molecule has 2 atom stereocenters. The van der Waals surface area contributed by atoms with E-state index >= 15 is 0 Å². The average Bonchev–Trinajstić information content (AvgIpc) is 2.43. The number of nitriles is 1. The van der Waals surface area contributed by atoms with Gasteiger partial charge in [0.15, 0.2) is 5.78 Å². The van der Waals surface area contributed by atoms with Gasteiger partial charge in [0, 0.05) is 19.0 Å². The number of ether oxygens (including phenoxy) is 1. The minimum Gasteiger partial charge on any atom is -0.444 e. The molecule has 5 heteroatoms. The first-order valence-corrected chi connectivity index (χ1v) is 7.96. The van der Waals surface area contributed by atoms with Gasteiger partial charge in [0.1, 0.15) is 11.0 Å². The monoisotopic (exact) mass is 308 g/mol. The van der Waals surface area contributed by atoms with Gasteiger partial charge in [0.25, 0.3) is 0 Å². The summed E-state index contributed by atoms with van der Waals surface area (Å²) in [4.78, 5) is 26.5. The first kappa shape index (κ1) is 18.5. The number of rotatable bonds is 3. The zero-order valence-corrected chi connectivity index (χ0v) is 14.6. The molecule has 1 fully saturated rings. The van der Waals surface area contributed by atoms with Crippen LogP contribution in [-0.4, -0.2) is 35.5 Å². The second-order valence-electron chi connectivity index (χ2n) is 7.60. The smallest absolute Gasteiger partial charge is 0.410 e. The normalized spacial score (nSPS) is 23.8. The maximum absolute atomic E-state index is 12.7. The highest BCUT2D eigenvalue weighted by Crippen LogP contribution is 2.35. The van der Waals surface area contributed by atoms with E-state index in [2.05, 4.69) is 6.07 Å². The molecule has 0 aromatic carbocycles. The number of piperidine rings is 1. The van der Waals surface area contributed by atoms with Gasteiger partial charge in [-0.1, -0.05) is 20.8 Å². The van der Waals surface area contributed by atoms with Crippen LogP contribution in [0.25, 0.3) is 0 Å². The zero-order valence-electron chi connectivity index (χ0n) is 14.6. The van der Waals surface area contributed by atoms with Crippen molar-refractivity contribution in [1.82, 2.24) is 4.90 Å². The fourth-order valence-electron chi connectivity index (χ4n) is 2.62. The Hall–Kier alpha value is -1.57. The van der Waals surface area contributed by atoms with Crippen LogP contribution < -0.4 is 0 Å². The lowest BCUT2D eigenvalue weighted by Gasteiger charge is -2.39. The molecule has 124 valence electrons. The molecule has 0 spiro atoms. The van der Waals surface area contributed by atoms with E-state index in [0.29, 0.717) is 19.4 Å². The van der Waals surface area contributed by atoms with E-state index in [9.17, 15) is 14.9 Å². The van der Waals surface area contributed by atoms with Crippen molar-refractivity contribution in [3.05, 3.63) is 0 Å². The summed E-state index contributed by atoms with van der Waals surface area (Å²) in [6.07, 6.45) is 0.707. The molecule has 0 aromatic rings. The Morgan fingerprint density at radius 3 is 2.32 bits per heavy atom. The average molecular weight is 308 g/mol. The summed E-state index contributed by atoms with van der Waals surface area (Å²) < 4.78 is 5.37.